The molecular weight excluding hydrogens is 655 g/mol. The van der Waals surface area contributed by atoms with Gasteiger partial charge in [-0.25, -0.2) is 9.98 Å². The fraction of sp³-hybridized carbons (Fsp3) is 0.0980. The minimum atomic E-state index is -0.111. The van der Waals surface area contributed by atoms with E-state index in [1.165, 1.54) is 55.2 Å². The Kier molecular flexibility index (Phi) is 8.28. The van der Waals surface area contributed by atoms with Crippen molar-refractivity contribution < 1.29 is 0 Å². The molecule has 0 radical (unpaired) electrons. The van der Waals surface area contributed by atoms with Gasteiger partial charge in [0.2, 0.25) is 0 Å². The number of fused-ring (bicyclic) bond motifs is 7. The lowest BCUT2D eigenvalue weighted by Crippen LogP contribution is -2.14. The first-order valence-electron chi connectivity index (χ1n) is 18.7. The highest BCUT2D eigenvalue weighted by Gasteiger charge is 2.37. The third-order valence-corrected chi connectivity index (χ3v) is 11.0. The van der Waals surface area contributed by atoms with Crippen molar-refractivity contribution >= 4 is 39.1 Å². The Labute approximate surface area is 317 Å². The molecule has 0 N–H and O–H groups in total. The van der Waals surface area contributed by atoms with Crippen molar-refractivity contribution in [3.63, 3.8) is 0 Å². The minimum absolute atomic E-state index is 0.111. The Hall–Kier alpha value is -6.58. The number of amidine groups is 1. The second-order valence-electron chi connectivity index (χ2n) is 14.6. The largest absolute Gasteiger partial charge is 0.309 e. The normalized spacial score (nSPS) is 14.0. The molecule has 0 amide bonds. The first-order valence-corrected chi connectivity index (χ1v) is 18.7. The predicted octanol–water partition coefficient (Wildman–Crippen LogP) is 13.1. The molecule has 0 aliphatic heterocycles. The van der Waals surface area contributed by atoms with Crippen LogP contribution in [0.5, 0.6) is 0 Å². The number of rotatable bonds is 6. The van der Waals surface area contributed by atoms with E-state index in [9.17, 15) is 0 Å². The third kappa shape index (κ3) is 5.61. The van der Waals surface area contributed by atoms with Gasteiger partial charge in [-0.3, -0.25) is 0 Å². The van der Waals surface area contributed by atoms with Gasteiger partial charge in [-0.05, 0) is 77.1 Å². The predicted molar refractivity (Wildman–Crippen MR) is 229 cm³/mol. The third-order valence-electron chi connectivity index (χ3n) is 11.0. The van der Waals surface area contributed by atoms with Gasteiger partial charge < -0.3 is 4.57 Å². The summed E-state index contributed by atoms with van der Waals surface area (Å²) in [6, 6.07) is 60.6. The maximum Gasteiger partial charge on any atom is 0.160 e. The average Bonchev–Trinajstić information content (AvgIpc) is 3.68. The Morgan fingerprint density at radius 2 is 1.22 bits per heavy atom. The SMILES string of the molecule is C/C=C(/N=C(N=C(C)c1cccc(-n2c3ccc(-c4ccccc4)cc3c3ccc4c(c32)-c2ccccc2C4(C)C)c1)c1ccccc1)c1ccccc1. The van der Waals surface area contributed by atoms with Crippen LogP contribution in [0.3, 0.4) is 0 Å². The van der Waals surface area contributed by atoms with Crippen molar-refractivity contribution in [2.45, 2.75) is 33.1 Å². The fourth-order valence-corrected chi connectivity index (χ4v) is 8.22. The maximum absolute atomic E-state index is 5.25. The summed E-state index contributed by atoms with van der Waals surface area (Å²) < 4.78 is 2.48. The molecule has 0 saturated heterocycles. The maximum atomic E-state index is 5.25. The van der Waals surface area contributed by atoms with Crippen LogP contribution in [-0.4, -0.2) is 16.1 Å². The van der Waals surface area contributed by atoms with Crippen molar-refractivity contribution in [3.05, 3.63) is 204 Å². The summed E-state index contributed by atoms with van der Waals surface area (Å²) >= 11 is 0. The molecule has 8 aromatic rings. The molecule has 9 rings (SSSR count). The van der Waals surface area contributed by atoms with Crippen LogP contribution in [0, 0.1) is 0 Å². The van der Waals surface area contributed by atoms with E-state index in [1.54, 1.807) is 0 Å². The van der Waals surface area contributed by atoms with Gasteiger partial charge in [0.05, 0.1) is 16.7 Å². The summed E-state index contributed by atoms with van der Waals surface area (Å²) in [6.45, 7) is 8.82. The van der Waals surface area contributed by atoms with E-state index < -0.39 is 0 Å². The molecule has 260 valence electrons. The van der Waals surface area contributed by atoms with Crippen LogP contribution in [0.4, 0.5) is 0 Å². The van der Waals surface area contributed by atoms with Crippen LogP contribution < -0.4 is 0 Å². The molecule has 0 spiro atoms. The Morgan fingerprint density at radius 1 is 0.556 bits per heavy atom. The molecule has 0 fully saturated rings. The molecule has 3 nitrogen and oxygen atoms in total. The molecule has 1 aromatic heterocycles. The van der Waals surface area contributed by atoms with Crippen molar-refractivity contribution in [3.8, 4) is 27.9 Å². The summed E-state index contributed by atoms with van der Waals surface area (Å²) in [7, 11) is 0. The van der Waals surface area contributed by atoms with E-state index in [2.05, 4.69) is 159 Å². The first kappa shape index (κ1) is 33.3. The zero-order valence-corrected chi connectivity index (χ0v) is 31.1. The van der Waals surface area contributed by atoms with Gasteiger partial charge in [-0.1, -0.05) is 166 Å². The fourth-order valence-electron chi connectivity index (χ4n) is 8.22. The molecule has 0 saturated carbocycles. The van der Waals surface area contributed by atoms with Gasteiger partial charge in [-0.15, -0.1) is 0 Å². The van der Waals surface area contributed by atoms with E-state index in [-0.39, 0.29) is 5.41 Å². The molecule has 7 aromatic carbocycles. The Morgan fingerprint density at radius 3 is 1.96 bits per heavy atom. The van der Waals surface area contributed by atoms with Crippen LogP contribution in [0.1, 0.15) is 55.5 Å². The second-order valence-corrected chi connectivity index (χ2v) is 14.6. The van der Waals surface area contributed by atoms with Crippen molar-refractivity contribution in [1.29, 1.82) is 0 Å². The summed E-state index contributed by atoms with van der Waals surface area (Å²) in [6.07, 6.45) is 2.05. The van der Waals surface area contributed by atoms with Gasteiger partial charge in [0.1, 0.15) is 0 Å². The average molecular weight is 696 g/mol. The first-order chi connectivity index (χ1) is 26.4. The van der Waals surface area contributed by atoms with Crippen molar-refractivity contribution in [2.75, 3.05) is 0 Å². The zero-order chi connectivity index (χ0) is 36.8. The molecule has 0 atom stereocenters. The lowest BCUT2D eigenvalue weighted by molar-refractivity contribution is 0.661. The standard InChI is InChI=1S/C51H41N3/c1-5-46(36-20-11-7-12-21-36)53-50(37-22-13-8-14-23-37)52-34(2)38-24-17-25-40(32-38)54-47-31-28-39(35-18-9-6-10-19-35)33-43(47)41-29-30-45-48(49(41)54)42-26-15-16-27-44(42)51(45,3)4/h5-33H,1-4H3/b46-5+,52-34?,53-50?. The highest BCUT2D eigenvalue weighted by molar-refractivity contribution is 6.17. The van der Waals surface area contributed by atoms with Gasteiger partial charge >= 0.3 is 0 Å². The van der Waals surface area contributed by atoms with E-state index in [4.69, 9.17) is 9.98 Å². The van der Waals surface area contributed by atoms with E-state index in [0.717, 1.165) is 33.8 Å². The monoisotopic (exact) mass is 695 g/mol. The van der Waals surface area contributed by atoms with E-state index in [1.807, 2.05) is 49.4 Å². The second kappa shape index (κ2) is 13.4. The minimum Gasteiger partial charge on any atom is -0.309 e. The van der Waals surface area contributed by atoms with Crippen LogP contribution in [0.15, 0.2) is 186 Å². The smallest absolute Gasteiger partial charge is 0.160 e. The molecule has 0 bridgehead atoms. The van der Waals surface area contributed by atoms with Crippen LogP contribution in [0.2, 0.25) is 0 Å². The number of benzene rings is 7. The lowest BCUT2D eigenvalue weighted by atomic mass is 9.82. The number of hydrogen-bond donors (Lipinski definition) is 0. The summed E-state index contributed by atoms with van der Waals surface area (Å²) in [5, 5.41) is 2.49. The van der Waals surface area contributed by atoms with Gasteiger partial charge in [0.15, 0.2) is 5.84 Å². The van der Waals surface area contributed by atoms with Gasteiger partial charge in [-0.2, -0.15) is 0 Å². The number of nitrogens with zero attached hydrogens (tertiary/aromatic N) is 3. The van der Waals surface area contributed by atoms with Crippen LogP contribution in [0.25, 0.3) is 55.4 Å². The molecule has 0 unspecified atom stereocenters. The summed E-state index contributed by atoms with van der Waals surface area (Å²) in [5.74, 6) is 0.678. The Balaban J connectivity index is 1.25. The van der Waals surface area contributed by atoms with Gasteiger partial charge in [0, 0.05) is 38.7 Å². The Bertz CT molecular complexity index is 2780. The quantitative estimate of drug-likeness (QED) is 0.122. The summed E-state index contributed by atoms with van der Waals surface area (Å²) in [4.78, 5) is 10.4. The van der Waals surface area contributed by atoms with Crippen molar-refractivity contribution in [2.24, 2.45) is 9.98 Å². The highest BCUT2D eigenvalue weighted by atomic mass is 15.0. The molecular formula is C51H41N3. The number of allylic oxidation sites excluding steroid dienone is 1. The van der Waals surface area contributed by atoms with E-state index >= 15 is 0 Å². The lowest BCUT2D eigenvalue weighted by Gasteiger charge is -2.21. The molecule has 3 heteroatoms. The number of hydrogen-bond acceptors (Lipinski definition) is 1. The molecule has 54 heavy (non-hydrogen) atoms. The number of aliphatic imine (C=N–C) groups is 2. The molecule has 1 aliphatic rings. The highest BCUT2D eigenvalue weighted by Crippen LogP contribution is 2.53. The topological polar surface area (TPSA) is 29.6 Å². The zero-order valence-electron chi connectivity index (χ0n) is 31.1. The van der Waals surface area contributed by atoms with Gasteiger partial charge in [0.25, 0.3) is 0 Å². The number of aromatic nitrogens is 1. The van der Waals surface area contributed by atoms with Crippen LogP contribution >= 0.6 is 0 Å². The molecule has 1 aliphatic carbocycles. The summed E-state index contributed by atoms with van der Waals surface area (Å²) in [5.41, 5.74) is 16.0. The van der Waals surface area contributed by atoms with E-state index in [0.29, 0.717) is 5.84 Å². The van der Waals surface area contributed by atoms with Crippen LogP contribution in [-0.2, 0) is 5.41 Å². The molecule has 1 heterocycles. The van der Waals surface area contributed by atoms with Crippen molar-refractivity contribution in [1.82, 2.24) is 4.57 Å².